The molecular formula is C19H22ClN3O5S. The lowest BCUT2D eigenvalue weighted by Crippen LogP contribution is -2.35. The van der Waals surface area contributed by atoms with Gasteiger partial charge < -0.3 is 15.4 Å². The normalized spacial score (nSPS) is 10.9. The monoisotopic (exact) mass is 439 g/mol. The molecule has 10 heteroatoms. The summed E-state index contributed by atoms with van der Waals surface area (Å²) in [6.45, 7) is 4.03. The summed E-state index contributed by atoms with van der Waals surface area (Å²) in [4.78, 5) is 23.5. The van der Waals surface area contributed by atoms with E-state index in [0.29, 0.717) is 5.69 Å². The van der Waals surface area contributed by atoms with Crippen LogP contribution in [0.2, 0.25) is 5.02 Å². The smallest absolute Gasteiger partial charge is 0.407 e. The third kappa shape index (κ3) is 6.65. The van der Waals surface area contributed by atoms with Gasteiger partial charge in [0.15, 0.2) is 0 Å². The second-order valence-corrected chi connectivity index (χ2v) is 8.11. The Morgan fingerprint density at radius 3 is 2.48 bits per heavy atom. The molecule has 0 fully saturated rings. The number of carbonyl (C=O) groups is 2. The van der Waals surface area contributed by atoms with Gasteiger partial charge in [0, 0.05) is 18.8 Å². The van der Waals surface area contributed by atoms with E-state index in [4.69, 9.17) is 16.3 Å². The molecule has 2 aromatic carbocycles. The predicted molar refractivity (Wildman–Crippen MR) is 111 cm³/mol. The van der Waals surface area contributed by atoms with Crippen molar-refractivity contribution in [3.8, 4) is 0 Å². The fraction of sp³-hybridized carbons (Fsp3) is 0.263. The molecule has 2 aromatic rings. The zero-order valence-electron chi connectivity index (χ0n) is 16.0. The summed E-state index contributed by atoms with van der Waals surface area (Å²) in [5.74, 6) is -0.562. The Morgan fingerprint density at radius 2 is 1.79 bits per heavy atom. The van der Waals surface area contributed by atoms with Gasteiger partial charge >= 0.3 is 6.09 Å². The van der Waals surface area contributed by atoms with Gasteiger partial charge in [-0.15, -0.1) is 0 Å². The van der Waals surface area contributed by atoms with Gasteiger partial charge in [-0.1, -0.05) is 23.7 Å². The fourth-order valence-electron chi connectivity index (χ4n) is 2.39. The van der Waals surface area contributed by atoms with Crippen LogP contribution in [0, 0.1) is 6.92 Å². The molecule has 0 spiro atoms. The number of aryl methyl sites for hydroxylation is 1. The number of nitrogens with one attached hydrogen (secondary N) is 3. The zero-order chi connectivity index (χ0) is 21.4. The summed E-state index contributed by atoms with van der Waals surface area (Å²) in [6, 6.07) is 10.8. The molecule has 8 nitrogen and oxygen atoms in total. The van der Waals surface area contributed by atoms with E-state index in [2.05, 4.69) is 15.4 Å². The van der Waals surface area contributed by atoms with E-state index in [0.717, 1.165) is 5.56 Å². The molecule has 0 aliphatic rings. The largest absolute Gasteiger partial charge is 0.450 e. The molecule has 29 heavy (non-hydrogen) atoms. The second-order valence-electron chi connectivity index (χ2n) is 6.02. The molecule has 2 rings (SSSR count). The molecule has 3 N–H and O–H groups in total. The Hall–Kier alpha value is -2.78. The lowest BCUT2D eigenvalue weighted by Gasteiger charge is -2.12. The number of amides is 2. The standard InChI is InChI=1S/C19H22ClN3O5S/c1-3-28-19(25)22-10-9-21-18(24)16-12-15(7-8-17(16)20)29(26,27)23-14-6-4-5-13(2)11-14/h4-8,11-12,23H,3,9-10H2,1-2H3,(H,21,24)(H,22,25). The van der Waals surface area contributed by atoms with Gasteiger partial charge in [0.1, 0.15) is 0 Å². The van der Waals surface area contributed by atoms with Crippen LogP contribution in [-0.4, -0.2) is 40.1 Å². The first-order valence-corrected chi connectivity index (χ1v) is 10.7. The number of ether oxygens (including phenoxy) is 1. The van der Waals surface area contributed by atoms with Crippen LogP contribution in [0.4, 0.5) is 10.5 Å². The summed E-state index contributed by atoms with van der Waals surface area (Å²) in [6.07, 6.45) is -0.588. The van der Waals surface area contributed by atoms with Crippen molar-refractivity contribution in [2.75, 3.05) is 24.4 Å². The third-order valence-corrected chi connectivity index (χ3v) is 5.43. The number of alkyl carbamates (subject to hydrolysis) is 1. The Labute approximate surface area is 174 Å². The Morgan fingerprint density at radius 1 is 1.07 bits per heavy atom. The van der Waals surface area contributed by atoms with Gasteiger partial charge in [0.2, 0.25) is 0 Å². The number of anilines is 1. The van der Waals surface area contributed by atoms with Gasteiger partial charge in [-0.25, -0.2) is 13.2 Å². The highest BCUT2D eigenvalue weighted by Gasteiger charge is 2.19. The maximum absolute atomic E-state index is 12.6. The van der Waals surface area contributed by atoms with Crippen LogP contribution in [-0.2, 0) is 14.8 Å². The summed E-state index contributed by atoms with van der Waals surface area (Å²) in [7, 11) is -3.91. The van der Waals surface area contributed by atoms with E-state index in [-0.39, 0.29) is 35.2 Å². The molecule has 2 amide bonds. The van der Waals surface area contributed by atoms with Crippen molar-refractivity contribution in [2.45, 2.75) is 18.7 Å². The number of sulfonamides is 1. The second kappa shape index (κ2) is 10.1. The minimum atomic E-state index is -3.91. The molecule has 0 heterocycles. The van der Waals surface area contributed by atoms with Gasteiger partial charge in [0.25, 0.3) is 15.9 Å². The van der Waals surface area contributed by atoms with Gasteiger partial charge in [-0.2, -0.15) is 0 Å². The van der Waals surface area contributed by atoms with Crippen molar-refractivity contribution in [3.05, 3.63) is 58.6 Å². The third-order valence-electron chi connectivity index (χ3n) is 3.72. The average Bonchev–Trinajstić information content (AvgIpc) is 2.65. The quantitative estimate of drug-likeness (QED) is 0.547. The van der Waals surface area contributed by atoms with Crippen LogP contribution >= 0.6 is 11.6 Å². The van der Waals surface area contributed by atoms with Crippen LogP contribution in [0.5, 0.6) is 0 Å². The first-order chi connectivity index (χ1) is 13.7. The topological polar surface area (TPSA) is 114 Å². The highest BCUT2D eigenvalue weighted by molar-refractivity contribution is 7.92. The van der Waals surface area contributed by atoms with Gasteiger partial charge in [-0.05, 0) is 49.7 Å². The molecule has 0 radical (unpaired) electrons. The van der Waals surface area contributed by atoms with E-state index in [9.17, 15) is 18.0 Å². The number of carbonyl (C=O) groups excluding carboxylic acids is 2. The molecule has 0 aliphatic carbocycles. The fourth-order valence-corrected chi connectivity index (χ4v) is 3.66. The molecule has 0 saturated carbocycles. The summed E-state index contributed by atoms with van der Waals surface area (Å²) >= 11 is 6.06. The molecule has 0 bridgehead atoms. The number of hydrogen-bond donors (Lipinski definition) is 3. The highest BCUT2D eigenvalue weighted by Crippen LogP contribution is 2.23. The predicted octanol–water partition coefficient (Wildman–Crippen LogP) is 2.93. The summed E-state index contributed by atoms with van der Waals surface area (Å²) in [5.41, 5.74) is 1.32. The number of hydrogen-bond acceptors (Lipinski definition) is 5. The van der Waals surface area contributed by atoms with Gasteiger partial charge in [0.05, 0.1) is 22.1 Å². The Bertz CT molecular complexity index is 995. The van der Waals surface area contributed by atoms with Gasteiger partial charge in [-0.3, -0.25) is 9.52 Å². The minimum Gasteiger partial charge on any atom is -0.450 e. The molecule has 0 unspecified atom stereocenters. The molecule has 0 aliphatic heterocycles. The average molecular weight is 440 g/mol. The maximum atomic E-state index is 12.6. The molecular weight excluding hydrogens is 418 g/mol. The first kappa shape index (κ1) is 22.5. The Balaban J connectivity index is 2.08. The zero-order valence-corrected chi connectivity index (χ0v) is 17.6. The maximum Gasteiger partial charge on any atom is 0.407 e. The lowest BCUT2D eigenvalue weighted by atomic mass is 10.2. The van der Waals surface area contributed by atoms with Crippen LogP contribution in [0.3, 0.4) is 0 Å². The van der Waals surface area contributed by atoms with Crippen molar-refractivity contribution in [1.29, 1.82) is 0 Å². The van der Waals surface area contributed by atoms with E-state index in [1.807, 2.05) is 13.0 Å². The minimum absolute atomic E-state index is 0.00918. The molecule has 0 aromatic heterocycles. The number of rotatable bonds is 8. The summed E-state index contributed by atoms with van der Waals surface area (Å²) in [5, 5.41) is 5.13. The van der Waals surface area contributed by atoms with Crippen molar-refractivity contribution < 1.29 is 22.7 Å². The molecule has 0 saturated heterocycles. The van der Waals surface area contributed by atoms with Crippen LogP contribution < -0.4 is 15.4 Å². The molecule has 0 atom stereocenters. The molecule has 156 valence electrons. The van der Waals surface area contributed by atoms with Crippen LogP contribution in [0.1, 0.15) is 22.8 Å². The van der Waals surface area contributed by atoms with Crippen LogP contribution in [0.25, 0.3) is 0 Å². The first-order valence-electron chi connectivity index (χ1n) is 8.81. The van der Waals surface area contributed by atoms with Crippen molar-refractivity contribution in [3.63, 3.8) is 0 Å². The lowest BCUT2D eigenvalue weighted by molar-refractivity contribution is 0.0952. The number of benzene rings is 2. The SMILES string of the molecule is CCOC(=O)NCCNC(=O)c1cc(S(=O)(=O)Nc2cccc(C)c2)ccc1Cl. The van der Waals surface area contributed by atoms with E-state index < -0.39 is 22.0 Å². The number of halogens is 1. The Kier molecular flexibility index (Phi) is 7.86. The van der Waals surface area contributed by atoms with E-state index in [1.165, 1.54) is 18.2 Å². The van der Waals surface area contributed by atoms with E-state index in [1.54, 1.807) is 25.1 Å². The highest BCUT2D eigenvalue weighted by atomic mass is 35.5. The van der Waals surface area contributed by atoms with Crippen molar-refractivity contribution in [2.24, 2.45) is 0 Å². The van der Waals surface area contributed by atoms with Crippen LogP contribution in [0.15, 0.2) is 47.4 Å². The summed E-state index contributed by atoms with van der Waals surface area (Å²) < 4.78 is 32.5. The van der Waals surface area contributed by atoms with Crippen molar-refractivity contribution >= 4 is 39.3 Å². The van der Waals surface area contributed by atoms with E-state index >= 15 is 0 Å². The van der Waals surface area contributed by atoms with Crippen molar-refractivity contribution in [1.82, 2.24) is 10.6 Å².